The predicted molar refractivity (Wildman–Crippen MR) is 92.6 cm³/mol. The van der Waals surface area contributed by atoms with Crippen molar-refractivity contribution in [2.45, 2.75) is 4.90 Å². The number of carbonyl (C=O) groups excluding carboxylic acids is 1. The number of hydrogen-bond donors (Lipinski definition) is 1. The minimum atomic E-state index is -0.00969. The summed E-state index contributed by atoms with van der Waals surface area (Å²) in [5.41, 5.74) is 0.836. The number of anilines is 1. The summed E-state index contributed by atoms with van der Waals surface area (Å²) in [6.45, 7) is 0. The Morgan fingerprint density at radius 1 is 1.14 bits per heavy atom. The van der Waals surface area contributed by atoms with E-state index < -0.39 is 0 Å². The highest BCUT2D eigenvalue weighted by Gasteiger charge is 2.05. The van der Waals surface area contributed by atoms with E-state index in [1.807, 2.05) is 47.8 Å². The maximum Gasteiger partial charge on any atom is 0.234 e. The third-order valence-electron chi connectivity index (χ3n) is 2.92. The summed E-state index contributed by atoms with van der Waals surface area (Å²) in [4.78, 5) is 13.0. The van der Waals surface area contributed by atoms with Crippen LogP contribution in [0.3, 0.4) is 0 Å². The Morgan fingerprint density at radius 2 is 1.95 bits per heavy atom. The molecule has 0 spiro atoms. The molecule has 106 valence electrons. The molecule has 0 aliphatic heterocycles. The average molecular weight is 334 g/mol. The van der Waals surface area contributed by atoms with Crippen LogP contribution in [0.1, 0.15) is 0 Å². The van der Waals surface area contributed by atoms with Gasteiger partial charge in [0.1, 0.15) is 0 Å². The maximum absolute atomic E-state index is 12.0. The van der Waals surface area contributed by atoms with Crippen molar-refractivity contribution in [3.63, 3.8) is 0 Å². The number of amides is 1. The SMILES string of the molecule is O=C(CSc1ccc(Cl)cc1)Nc1ccc2sccc2c1. The summed E-state index contributed by atoms with van der Waals surface area (Å²) in [5, 5.41) is 6.83. The number of nitrogens with one attached hydrogen (secondary N) is 1. The molecule has 0 radical (unpaired) electrons. The highest BCUT2D eigenvalue weighted by Crippen LogP contribution is 2.24. The quantitative estimate of drug-likeness (QED) is 0.658. The third-order valence-corrected chi connectivity index (χ3v) is 5.08. The maximum atomic E-state index is 12.0. The van der Waals surface area contributed by atoms with Crippen molar-refractivity contribution < 1.29 is 4.79 Å². The molecular weight excluding hydrogens is 322 g/mol. The minimum Gasteiger partial charge on any atom is -0.325 e. The van der Waals surface area contributed by atoms with Gasteiger partial charge in [-0.15, -0.1) is 23.1 Å². The number of fused-ring (bicyclic) bond motifs is 1. The molecule has 0 bridgehead atoms. The molecule has 1 heterocycles. The highest BCUT2D eigenvalue weighted by molar-refractivity contribution is 8.00. The van der Waals surface area contributed by atoms with Crippen molar-refractivity contribution in [1.29, 1.82) is 0 Å². The molecule has 1 aromatic heterocycles. The van der Waals surface area contributed by atoms with Gasteiger partial charge >= 0.3 is 0 Å². The lowest BCUT2D eigenvalue weighted by Gasteiger charge is -2.05. The van der Waals surface area contributed by atoms with Gasteiger partial charge in [0.05, 0.1) is 5.75 Å². The number of hydrogen-bond acceptors (Lipinski definition) is 3. The van der Waals surface area contributed by atoms with Crippen molar-refractivity contribution >= 4 is 56.4 Å². The zero-order chi connectivity index (χ0) is 14.7. The van der Waals surface area contributed by atoms with Crippen LogP contribution in [-0.2, 0) is 4.79 Å². The molecule has 0 unspecified atom stereocenters. The molecule has 0 saturated heterocycles. The van der Waals surface area contributed by atoms with Crippen LogP contribution in [0.2, 0.25) is 5.02 Å². The second kappa shape index (κ2) is 6.52. The first kappa shape index (κ1) is 14.4. The van der Waals surface area contributed by atoms with E-state index in [4.69, 9.17) is 11.6 Å². The van der Waals surface area contributed by atoms with E-state index in [2.05, 4.69) is 11.4 Å². The van der Waals surface area contributed by atoms with Gasteiger partial charge in [0, 0.05) is 20.3 Å². The molecule has 21 heavy (non-hydrogen) atoms. The Balaban J connectivity index is 1.59. The molecular formula is C16H12ClNOS2. The monoisotopic (exact) mass is 333 g/mol. The van der Waals surface area contributed by atoms with Crippen LogP contribution in [0.15, 0.2) is 58.8 Å². The Hall–Kier alpha value is -1.49. The van der Waals surface area contributed by atoms with Crippen LogP contribution in [0.5, 0.6) is 0 Å². The molecule has 2 nitrogen and oxygen atoms in total. The summed E-state index contributed by atoms with van der Waals surface area (Å²) < 4.78 is 1.23. The van der Waals surface area contributed by atoms with Crippen LogP contribution in [0, 0.1) is 0 Å². The normalized spacial score (nSPS) is 10.7. The van der Waals surface area contributed by atoms with Gasteiger partial charge in [-0.25, -0.2) is 0 Å². The number of rotatable bonds is 4. The average Bonchev–Trinajstić information content (AvgIpc) is 2.94. The molecule has 1 amide bonds. The van der Waals surface area contributed by atoms with E-state index in [9.17, 15) is 4.79 Å². The first-order valence-corrected chi connectivity index (χ1v) is 8.60. The van der Waals surface area contributed by atoms with Crippen LogP contribution in [-0.4, -0.2) is 11.7 Å². The van der Waals surface area contributed by atoms with Gasteiger partial charge in [0.25, 0.3) is 0 Å². The largest absolute Gasteiger partial charge is 0.325 e. The Kier molecular flexibility index (Phi) is 4.48. The van der Waals surface area contributed by atoms with Crippen LogP contribution in [0.25, 0.3) is 10.1 Å². The fourth-order valence-corrected chi connectivity index (χ4v) is 3.52. The number of halogens is 1. The number of carbonyl (C=O) groups is 1. The zero-order valence-electron chi connectivity index (χ0n) is 11.0. The number of benzene rings is 2. The molecule has 0 atom stereocenters. The summed E-state index contributed by atoms with van der Waals surface area (Å²) >= 11 is 9.02. The summed E-state index contributed by atoms with van der Waals surface area (Å²) in [5.74, 6) is 0.369. The summed E-state index contributed by atoms with van der Waals surface area (Å²) in [6.07, 6.45) is 0. The standard InChI is InChI=1S/C16H12ClNOS2/c17-12-1-4-14(5-2-12)21-10-16(19)18-13-3-6-15-11(9-13)7-8-20-15/h1-9H,10H2,(H,18,19). The van der Waals surface area contributed by atoms with E-state index >= 15 is 0 Å². The Bertz CT molecular complexity index is 767. The second-order valence-electron chi connectivity index (χ2n) is 4.46. The van der Waals surface area contributed by atoms with Gasteiger partial charge in [-0.1, -0.05) is 11.6 Å². The zero-order valence-corrected chi connectivity index (χ0v) is 13.4. The fourth-order valence-electron chi connectivity index (χ4n) is 1.92. The van der Waals surface area contributed by atoms with Crippen molar-refractivity contribution in [2.75, 3.05) is 11.1 Å². The number of thiophene rings is 1. The lowest BCUT2D eigenvalue weighted by atomic mass is 10.2. The molecule has 0 fully saturated rings. The molecule has 1 N–H and O–H groups in total. The van der Waals surface area contributed by atoms with Crippen molar-refractivity contribution in [2.24, 2.45) is 0 Å². The van der Waals surface area contributed by atoms with Gasteiger partial charge in [-0.3, -0.25) is 4.79 Å². The van der Waals surface area contributed by atoms with Gasteiger partial charge in [0.15, 0.2) is 0 Å². The van der Waals surface area contributed by atoms with Gasteiger partial charge in [-0.05, 0) is 59.3 Å². The predicted octanol–water partition coefficient (Wildman–Crippen LogP) is 5.29. The van der Waals surface area contributed by atoms with Crippen LogP contribution < -0.4 is 5.32 Å². The fraction of sp³-hybridized carbons (Fsp3) is 0.0625. The molecule has 5 heteroatoms. The second-order valence-corrected chi connectivity index (χ2v) is 6.90. The van der Waals surface area contributed by atoms with E-state index in [1.54, 1.807) is 11.3 Å². The van der Waals surface area contributed by atoms with E-state index in [-0.39, 0.29) is 5.91 Å². The van der Waals surface area contributed by atoms with E-state index in [0.717, 1.165) is 16.0 Å². The Morgan fingerprint density at radius 3 is 2.76 bits per heavy atom. The van der Waals surface area contributed by atoms with Crippen LogP contribution in [0.4, 0.5) is 5.69 Å². The first-order chi connectivity index (χ1) is 10.2. The van der Waals surface area contributed by atoms with Gasteiger partial charge in [0.2, 0.25) is 5.91 Å². The molecule has 3 rings (SSSR count). The summed E-state index contributed by atoms with van der Waals surface area (Å²) in [7, 11) is 0. The van der Waals surface area contributed by atoms with E-state index in [0.29, 0.717) is 10.8 Å². The van der Waals surface area contributed by atoms with Crippen molar-refractivity contribution in [3.05, 3.63) is 58.9 Å². The molecule has 2 aromatic carbocycles. The highest BCUT2D eigenvalue weighted by atomic mass is 35.5. The summed E-state index contributed by atoms with van der Waals surface area (Å²) in [6, 6.07) is 15.5. The van der Waals surface area contributed by atoms with Gasteiger partial charge in [-0.2, -0.15) is 0 Å². The molecule has 0 aliphatic rings. The number of thioether (sulfide) groups is 1. The van der Waals surface area contributed by atoms with Crippen molar-refractivity contribution in [1.82, 2.24) is 0 Å². The topological polar surface area (TPSA) is 29.1 Å². The molecule has 0 saturated carbocycles. The van der Waals surface area contributed by atoms with Crippen molar-refractivity contribution in [3.8, 4) is 0 Å². The molecule has 3 aromatic rings. The third kappa shape index (κ3) is 3.79. The lowest BCUT2D eigenvalue weighted by molar-refractivity contribution is -0.113. The first-order valence-electron chi connectivity index (χ1n) is 6.36. The smallest absolute Gasteiger partial charge is 0.234 e. The van der Waals surface area contributed by atoms with Crippen LogP contribution >= 0.6 is 34.7 Å². The van der Waals surface area contributed by atoms with E-state index in [1.165, 1.54) is 16.5 Å². The van der Waals surface area contributed by atoms with Gasteiger partial charge < -0.3 is 5.32 Å². The molecule has 0 aliphatic carbocycles. The Labute approximate surface area is 136 Å². The minimum absolute atomic E-state index is 0.00969. The lowest BCUT2D eigenvalue weighted by Crippen LogP contribution is -2.13.